The molecule has 1 aromatic rings. The number of guanidine groups is 1. The highest BCUT2D eigenvalue weighted by atomic mass is 15.3. The first-order chi connectivity index (χ1) is 9.97. The van der Waals surface area contributed by atoms with Crippen molar-refractivity contribution in [2.24, 2.45) is 16.6 Å². The van der Waals surface area contributed by atoms with Gasteiger partial charge in [0.05, 0.1) is 6.54 Å². The zero-order chi connectivity index (χ0) is 15.4. The Morgan fingerprint density at radius 2 is 2.19 bits per heavy atom. The van der Waals surface area contributed by atoms with Gasteiger partial charge in [-0.2, -0.15) is 0 Å². The summed E-state index contributed by atoms with van der Waals surface area (Å²) in [5.41, 5.74) is 9.89. The van der Waals surface area contributed by atoms with E-state index in [9.17, 15) is 0 Å². The molecule has 1 aliphatic rings. The van der Waals surface area contributed by atoms with Gasteiger partial charge in [-0.15, -0.1) is 0 Å². The van der Waals surface area contributed by atoms with E-state index in [0.717, 1.165) is 13.1 Å². The third-order valence-corrected chi connectivity index (χ3v) is 4.23. The molecule has 2 rings (SSSR count). The van der Waals surface area contributed by atoms with Gasteiger partial charge >= 0.3 is 0 Å². The lowest BCUT2D eigenvalue weighted by atomic mass is 10.0. The second kappa shape index (κ2) is 6.83. The van der Waals surface area contributed by atoms with E-state index in [-0.39, 0.29) is 0 Å². The van der Waals surface area contributed by atoms with E-state index in [4.69, 9.17) is 5.73 Å². The number of hydrogen-bond acceptors (Lipinski definition) is 2. The van der Waals surface area contributed by atoms with E-state index in [1.54, 1.807) is 0 Å². The lowest BCUT2D eigenvalue weighted by Crippen LogP contribution is -2.43. The molecule has 4 heteroatoms. The number of likely N-dealkylation sites (tertiary alicyclic amines) is 1. The normalized spacial score (nSPS) is 19.7. The maximum Gasteiger partial charge on any atom is 0.191 e. The Morgan fingerprint density at radius 3 is 2.81 bits per heavy atom. The van der Waals surface area contributed by atoms with Crippen LogP contribution in [-0.2, 0) is 6.54 Å². The van der Waals surface area contributed by atoms with Crippen LogP contribution in [0.15, 0.2) is 23.2 Å². The maximum absolute atomic E-state index is 6.15. The Morgan fingerprint density at radius 1 is 1.43 bits per heavy atom. The number of nitrogens with two attached hydrogens (primary N) is 1. The Hall–Kier alpha value is -1.71. The quantitative estimate of drug-likeness (QED) is 0.687. The van der Waals surface area contributed by atoms with Gasteiger partial charge in [-0.25, -0.2) is 4.99 Å². The summed E-state index contributed by atoms with van der Waals surface area (Å²) in [5, 5.41) is 0. The van der Waals surface area contributed by atoms with E-state index >= 15 is 0 Å². The predicted molar refractivity (Wildman–Crippen MR) is 90.8 cm³/mol. The molecule has 1 unspecified atom stereocenters. The van der Waals surface area contributed by atoms with Gasteiger partial charge in [0.15, 0.2) is 5.96 Å². The van der Waals surface area contributed by atoms with Gasteiger partial charge in [0.1, 0.15) is 0 Å². The van der Waals surface area contributed by atoms with Crippen LogP contribution in [-0.4, -0.2) is 38.0 Å². The number of benzene rings is 1. The topological polar surface area (TPSA) is 44.9 Å². The van der Waals surface area contributed by atoms with Crippen LogP contribution >= 0.6 is 0 Å². The van der Waals surface area contributed by atoms with E-state index in [1.165, 1.54) is 29.7 Å². The molecule has 1 aliphatic heterocycles. The smallest absolute Gasteiger partial charge is 0.191 e. The fourth-order valence-corrected chi connectivity index (χ4v) is 2.80. The van der Waals surface area contributed by atoms with Crippen LogP contribution in [0.3, 0.4) is 0 Å². The summed E-state index contributed by atoms with van der Waals surface area (Å²) in [4.78, 5) is 8.93. The SMILES string of the molecule is Cc1cc(N(C)C)ccc1CN=C(N)N1CCCC(C)C1. The number of piperidine rings is 1. The van der Waals surface area contributed by atoms with Crippen LogP contribution in [0.5, 0.6) is 0 Å². The molecule has 2 N–H and O–H groups in total. The van der Waals surface area contributed by atoms with Crippen molar-refractivity contribution in [2.45, 2.75) is 33.2 Å². The molecule has 0 spiro atoms. The molecular formula is C17H28N4. The number of aryl methyl sites for hydroxylation is 1. The van der Waals surface area contributed by atoms with Gasteiger partial charge in [0, 0.05) is 32.9 Å². The number of aliphatic imine (C=N–C) groups is 1. The van der Waals surface area contributed by atoms with Crippen molar-refractivity contribution in [1.29, 1.82) is 0 Å². The third kappa shape index (κ3) is 4.13. The highest BCUT2D eigenvalue weighted by molar-refractivity contribution is 5.78. The van der Waals surface area contributed by atoms with Crippen molar-refractivity contribution < 1.29 is 0 Å². The summed E-state index contributed by atoms with van der Waals surface area (Å²) < 4.78 is 0. The Balaban J connectivity index is 2.02. The molecule has 1 aromatic carbocycles. The zero-order valence-electron chi connectivity index (χ0n) is 13.8. The molecule has 4 nitrogen and oxygen atoms in total. The molecule has 116 valence electrons. The molecule has 1 fully saturated rings. The molecule has 0 amide bonds. The van der Waals surface area contributed by atoms with Crippen LogP contribution in [0.1, 0.15) is 30.9 Å². The van der Waals surface area contributed by atoms with Gasteiger partial charge < -0.3 is 15.5 Å². The molecule has 1 saturated heterocycles. The van der Waals surface area contributed by atoms with E-state index < -0.39 is 0 Å². The van der Waals surface area contributed by atoms with E-state index in [0.29, 0.717) is 18.4 Å². The molecule has 0 radical (unpaired) electrons. The number of hydrogen-bond donors (Lipinski definition) is 1. The Kier molecular flexibility index (Phi) is 5.10. The first-order valence-corrected chi connectivity index (χ1v) is 7.79. The van der Waals surface area contributed by atoms with Crippen LogP contribution in [0.4, 0.5) is 5.69 Å². The average molecular weight is 288 g/mol. The fourth-order valence-electron chi connectivity index (χ4n) is 2.80. The van der Waals surface area contributed by atoms with Crippen molar-refractivity contribution in [3.63, 3.8) is 0 Å². The maximum atomic E-state index is 6.15. The molecule has 0 saturated carbocycles. The first-order valence-electron chi connectivity index (χ1n) is 7.79. The van der Waals surface area contributed by atoms with Gasteiger partial charge in [0.2, 0.25) is 0 Å². The zero-order valence-corrected chi connectivity index (χ0v) is 13.8. The second-order valence-corrected chi connectivity index (χ2v) is 6.37. The molecule has 1 heterocycles. The Bertz CT molecular complexity index is 508. The summed E-state index contributed by atoms with van der Waals surface area (Å²) >= 11 is 0. The monoisotopic (exact) mass is 288 g/mol. The summed E-state index contributed by atoms with van der Waals surface area (Å²) in [6, 6.07) is 6.49. The van der Waals surface area contributed by atoms with Crippen LogP contribution < -0.4 is 10.6 Å². The lowest BCUT2D eigenvalue weighted by molar-refractivity contribution is 0.270. The third-order valence-electron chi connectivity index (χ3n) is 4.23. The summed E-state index contributed by atoms with van der Waals surface area (Å²) in [5.74, 6) is 1.41. The van der Waals surface area contributed by atoms with Crippen LogP contribution in [0.2, 0.25) is 0 Å². The van der Waals surface area contributed by atoms with Crippen molar-refractivity contribution in [3.8, 4) is 0 Å². The highest BCUT2D eigenvalue weighted by Gasteiger charge is 2.17. The molecule has 0 aliphatic carbocycles. The summed E-state index contributed by atoms with van der Waals surface area (Å²) in [6.45, 7) is 7.16. The summed E-state index contributed by atoms with van der Waals surface area (Å²) in [6.07, 6.45) is 2.52. The second-order valence-electron chi connectivity index (χ2n) is 6.37. The van der Waals surface area contributed by atoms with Crippen molar-refractivity contribution >= 4 is 11.6 Å². The van der Waals surface area contributed by atoms with Crippen LogP contribution in [0, 0.1) is 12.8 Å². The van der Waals surface area contributed by atoms with Gasteiger partial charge in [-0.1, -0.05) is 13.0 Å². The summed E-state index contributed by atoms with van der Waals surface area (Å²) in [7, 11) is 4.12. The van der Waals surface area contributed by atoms with Gasteiger partial charge in [0.25, 0.3) is 0 Å². The van der Waals surface area contributed by atoms with Crippen molar-refractivity contribution in [2.75, 3.05) is 32.1 Å². The lowest BCUT2D eigenvalue weighted by Gasteiger charge is -2.31. The molecule has 0 bridgehead atoms. The Labute approximate surface area is 128 Å². The minimum absolute atomic E-state index is 0.663. The van der Waals surface area contributed by atoms with Gasteiger partial charge in [-0.05, 0) is 48.9 Å². The van der Waals surface area contributed by atoms with E-state index in [1.807, 2.05) is 0 Å². The number of anilines is 1. The standard InChI is InChI=1S/C17H28N4/c1-13-6-5-9-21(12-13)17(18)19-11-15-7-8-16(20(3)4)10-14(15)2/h7-8,10,13H,5-6,9,11-12H2,1-4H3,(H2,18,19). The largest absolute Gasteiger partial charge is 0.378 e. The molecule has 1 atom stereocenters. The van der Waals surface area contributed by atoms with E-state index in [2.05, 4.69) is 60.9 Å². The van der Waals surface area contributed by atoms with Gasteiger partial charge in [-0.3, -0.25) is 0 Å². The van der Waals surface area contributed by atoms with Crippen molar-refractivity contribution in [1.82, 2.24) is 4.90 Å². The number of rotatable bonds is 3. The average Bonchev–Trinajstić information content (AvgIpc) is 2.45. The predicted octanol–water partition coefficient (Wildman–Crippen LogP) is 2.61. The minimum atomic E-state index is 0.663. The van der Waals surface area contributed by atoms with Crippen LogP contribution in [0.25, 0.3) is 0 Å². The number of nitrogens with zero attached hydrogens (tertiary/aromatic N) is 3. The molecule has 0 aromatic heterocycles. The first kappa shape index (κ1) is 15.7. The van der Waals surface area contributed by atoms with Crippen molar-refractivity contribution in [3.05, 3.63) is 29.3 Å². The highest BCUT2D eigenvalue weighted by Crippen LogP contribution is 2.19. The minimum Gasteiger partial charge on any atom is -0.378 e. The fraction of sp³-hybridized carbons (Fsp3) is 0.588. The molecular weight excluding hydrogens is 260 g/mol. The molecule has 21 heavy (non-hydrogen) atoms.